The number of alkyl halides is 12. The van der Waals surface area contributed by atoms with Crippen LogP contribution >= 0.6 is 11.3 Å². The van der Waals surface area contributed by atoms with Gasteiger partial charge in [0.2, 0.25) is 0 Å². The standard InChI is InChI=1S/C14H10F12N2O2S/c1-3-4(2)31-7(5(3)6(27)29)28-9(30)11(19,20)13(23,24)14(25,26)12(21,22)10(17,18)8(15)16/h8H,1-2H3,(H2,27,29)(H,28,30). The van der Waals surface area contributed by atoms with Crippen LogP contribution in [0.1, 0.15) is 20.8 Å². The third-order valence-electron chi connectivity index (χ3n) is 4.02. The molecule has 0 bridgehead atoms. The van der Waals surface area contributed by atoms with Crippen LogP contribution in [0.2, 0.25) is 0 Å². The maximum Gasteiger partial charge on any atom is 0.393 e. The van der Waals surface area contributed by atoms with E-state index in [1.807, 2.05) is 0 Å². The smallest absolute Gasteiger partial charge is 0.365 e. The Hall–Kier alpha value is -2.20. The Morgan fingerprint density at radius 1 is 0.871 bits per heavy atom. The summed E-state index contributed by atoms with van der Waals surface area (Å²) >= 11 is 0.280. The van der Waals surface area contributed by atoms with Crippen molar-refractivity contribution in [3.05, 3.63) is 16.0 Å². The zero-order chi connectivity index (χ0) is 25.0. The van der Waals surface area contributed by atoms with Crippen molar-refractivity contribution in [3.8, 4) is 0 Å². The molecule has 1 rings (SSSR count). The molecule has 0 saturated carbocycles. The number of carbonyl (C=O) groups excluding carboxylic acids is 2. The summed E-state index contributed by atoms with van der Waals surface area (Å²) in [5, 5.41) is -0.0422. The molecule has 2 amide bonds. The van der Waals surface area contributed by atoms with E-state index in [1.54, 1.807) is 0 Å². The molecule has 1 aromatic heterocycles. The summed E-state index contributed by atoms with van der Waals surface area (Å²) in [7, 11) is 0. The van der Waals surface area contributed by atoms with Crippen LogP contribution in [0.25, 0.3) is 0 Å². The predicted molar refractivity (Wildman–Crippen MR) is 81.7 cm³/mol. The molecule has 3 N–H and O–H groups in total. The Labute approximate surface area is 168 Å². The number of aryl methyl sites for hydroxylation is 1. The third kappa shape index (κ3) is 3.80. The summed E-state index contributed by atoms with van der Waals surface area (Å²) < 4.78 is 158. The molecule has 1 heterocycles. The van der Waals surface area contributed by atoms with E-state index in [0.29, 0.717) is 0 Å². The van der Waals surface area contributed by atoms with E-state index >= 15 is 0 Å². The molecule has 0 atom stereocenters. The van der Waals surface area contributed by atoms with Gasteiger partial charge in [0.1, 0.15) is 5.00 Å². The second-order valence-electron chi connectivity index (χ2n) is 6.03. The fourth-order valence-electron chi connectivity index (χ4n) is 2.08. The van der Waals surface area contributed by atoms with E-state index in [0.717, 1.165) is 12.2 Å². The topological polar surface area (TPSA) is 72.2 Å². The SMILES string of the molecule is Cc1sc(NC(=O)C(F)(F)C(F)(F)C(F)(F)C(F)(F)C(F)(F)C(F)F)c(C(N)=O)c1C. The summed E-state index contributed by atoms with van der Waals surface area (Å²) in [5.74, 6) is -42.0. The maximum absolute atomic E-state index is 13.8. The molecule has 4 nitrogen and oxygen atoms in total. The number of amides is 2. The average molecular weight is 498 g/mol. The van der Waals surface area contributed by atoms with Gasteiger partial charge in [0.05, 0.1) is 5.56 Å². The quantitative estimate of drug-likeness (QED) is 0.504. The van der Waals surface area contributed by atoms with Gasteiger partial charge >= 0.3 is 41.9 Å². The van der Waals surface area contributed by atoms with Crippen LogP contribution in [-0.2, 0) is 4.79 Å². The van der Waals surface area contributed by atoms with E-state index in [-0.39, 0.29) is 21.8 Å². The van der Waals surface area contributed by atoms with Gasteiger partial charge in [0, 0.05) is 4.88 Å². The highest BCUT2D eigenvalue weighted by atomic mass is 32.1. The van der Waals surface area contributed by atoms with Gasteiger partial charge in [-0.3, -0.25) is 9.59 Å². The van der Waals surface area contributed by atoms with Crippen LogP contribution in [0.5, 0.6) is 0 Å². The third-order valence-corrected chi connectivity index (χ3v) is 5.14. The number of hydrogen-bond donors (Lipinski definition) is 2. The van der Waals surface area contributed by atoms with Gasteiger partial charge in [-0.1, -0.05) is 0 Å². The Morgan fingerprint density at radius 2 is 1.32 bits per heavy atom. The van der Waals surface area contributed by atoms with E-state index in [1.165, 1.54) is 6.92 Å². The predicted octanol–water partition coefficient (Wildman–Crippen LogP) is 4.84. The fraction of sp³-hybridized carbons (Fsp3) is 0.571. The Bertz CT molecular complexity index is 881. The highest BCUT2D eigenvalue weighted by Gasteiger charge is 2.89. The molecule has 0 unspecified atom stereocenters. The lowest BCUT2D eigenvalue weighted by Crippen LogP contribution is -2.70. The van der Waals surface area contributed by atoms with Gasteiger partial charge in [-0.2, -0.15) is 43.9 Å². The molecule has 178 valence electrons. The first kappa shape index (κ1) is 26.8. The molecule has 0 aliphatic rings. The minimum Gasteiger partial charge on any atom is -0.365 e. The van der Waals surface area contributed by atoms with Crippen LogP contribution in [0, 0.1) is 13.8 Å². The molecule has 31 heavy (non-hydrogen) atoms. The van der Waals surface area contributed by atoms with Crippen molar-refractivity contribution in [2.45, 2.75) is 49.9 Å². The first-order chi connectivity index (χ1) is 13.6. The highest BCUT2D eigenvalue weighted by molar-refractivity contribution is 7.16. The number of anilines is 1. The minimum absolute atomic E-state index is 0.0451. The maximum atomic E-state index is 13.8. The number of thiophene rings is 1. The molecule has 0 saturated heterocycles. The molecule has 0 aliphatic carbocycles. The minimum atomic E-state index is -7.84. The lowest BCUT2D eigenvalue weighted by atomic mass is 9.94. The van der Waals surface area contributed by atoms with Gasteiger partial charge in [-0.25, -0.2) is 8.78 Å². The van der Waals surface area contributed by atoms with Crippen molar-refractivity contribution in [1.29, 1.82) is 0 Å². The van der Waals surface area contributed by atoms with E-state index in [2.05, 4.69) is 0 Å². The van der Waals surface area contributed by atoms with E-state index in [9.17, 15) is 62.3 Å². The van der Waals surface area contributed by atoms with Gasteiger partial charge in [0.25, 0.3) is 5.91 Å². The van der Waals surface area contributed by atoms with Gasteiger partial charge in [0.15, 0.2) is 0 Å². The molecule has 0 fully saturated rings. The largest absolute Gasteiger partial charge is 0.393 e. The summed E-state index contributed by atoms with van der Waals surface area (Å²) in [5.41, 5.74) is 4.15. The molecular weight excluding hydrogens is 488 g/mol. The number of rotatable bonds is 8. The van der Waals surface area contributed by atoms with Crippen molar-refractivity contribution in [2.24, 2.45) is 5.73 Å². The molecule has 0 aliphatic heterocycles. The fourth-order valence-corrected chi connectivity index (χ4v) is 3.14. The first-order valence-electron chi connectivity index (χ1n) is 7.47. The van der Waals surface area contributed by atoms with Crippen LogP contribution < -0.4 is 11.1 Å². The number of nitrogens with two attached hydrogens (primary N) is 1. The molecule has 17 heteroatoms. The molecule has 0 radical (unpaired) electrons. The average Bonchev–Trinajstić information content (AvgIpc) is 2.87. The Morgan fingerprint density at radius 3 is 1.71 bits per heavy atom. The summed E-state index contributed by atoms with van der Waals surface area (Å²) in [6, 6.07) is 0. The lowest BCUT2D eigenvalue weighted by Gasteiger charge is -2.38. The molecule has 1 aromatic rings. The molecule has 0 spiro atoms. The van der Waals surface area contributed by atoms with Crippen molar-refractivity contribution in [2.75, 3.05) is 5.32 Å². The second-order valence-corrected chi connectivity index (χ2v) is 7.25. The molecular formula is C14H10F12N2O2S. The summed E-state index contributed by atoms with van der Waals surface area (Å²) in [6.07, 6.45) is -5.65. The van der Waals surface area contributed by atoms with Crippen molar-refractivity contribution in [1.82, 2.24) is 0 Å². The van der Waals surface area contributed by atoms with Crippen molar-refractivity contribution >= 4 is 28.2 Å². The monoisotopic (exact) mass is 498 g/mol. The lowest BCUT2D eigenvalue weighted by molar-refractivity contribution is -0.406. The van der Waals surface area contributed by atoms with Crippen LogP contribution in [0.3, 0.4) is 0 Å². The normalized spacial score (nSPS) is 14.2. The zero-order valence-corrected chi connectivity index (χ0v) is 15.7. The number of nitrogens with one attached hydrogen (secondary N) is 1. The first-order valence-corrected chi connectivity index (χ1v) is 8.29. The molecule has 0 aromatic carbocycles. The van der Waals surface area contributed by atoms with Crippen LogP contribution in [0.4, 0.5) is 57.7 Å². The van der Waals surface area contributed by atoms with Gasteiger partial charge in [-0.15, -0.1) is 11.3 Å². The van der Waals surface area contributed by atoms with E-state index in [4.69, 9.17) is 5.73 Å². The number of hydrogen-bond acceptors (Lipinski definition) is 3. The van der Waals surface area contributed by atoms with Gasteiger partial charge in [-0.05, 0) is 19.4 Å². The summed E-state index contributed by atoms with van der Waals surface area (Å²) in [4.78, 5) is 23.0. The van der Waals surface area contributed by atoms with Crippen LogP contribution in [-0.4, -0.2) is 47.9 Å². The van der Waals surface area contributed by atoms with Crippen molar-refractivity contribution < 1.29 is 62.3 Å². The number of carbonyl (C=O) groups is 2. The highest BCUT2D eigenvalue weighted by Crippen LogP contribution is 2.58. The number of primary amides is 1. The second kappa shape index (κ2) is 7.74. The summed E-state index contributed by atoms with van der Waals surface area (Å²) in [6.45, 7) is 2.39. The van der Waals surface area contributed by atoms with Crippen LogP contribution in [0.15, 0.2) is 0 Å². The Kier molecular flexibility index (Phi) is 6.70. The zero-order valence-electron chi connectivity index (χ0n) is 14.9. The van der Waals surface area contributed by atoms with E-state index < -0.39 is 58.4 Å². The Balaban J connectivity index is 3.47. The van der Waals surface area contributed by atoms with Gasteiger partial charge < -0.3 is 11.1 Å². The van der Waals surface area contributed by atoms with Crippen molar-refractivity contribution in [3.63, 3.8) is 0 Å². The number of halogens is 12.